The summed E-state index contributed by atoms with van der Waals surface area (Å²) < 4.78 is 9.79. The van der Waals surface area contributed by atoms with E-state index in [-0.39, 0.29) is 13.2 Å². The van der Waals surface area contributed by atoms with Gasteiger partial charge in [-0.05, 0) is 17.7 Å². The van der Waals surface area contributed by atoms with Crippen LogP contribution in [-0.4, -0.2) is 44.0 Å². The molecule has 0 aliphatic rings. The second kappa shape index (κ2) is 8.00. The first-order valence-electron chi connectivity index (χ1n) is 5.96. The minimum atomic E-state index is -1.15. The monoisotopic (exact) mass is 282 g/mol. The number of hydrogen-bond donors (Lipinski definition) is 3. The molecule has 0 bridgehead atoms. The van der Waals surface area contributed by atoms with Crippen LogP contribution in [0.4, 0.5) is 4.79 Å². The highest BCUT2D eigenvalue weighted by atomic mass is 16.5. The fourth-order valence-electron chi connectivity index (χ4n) is 1.52. The molecule has 0 aliphatic carbocycles. The lowest BCUT2D eigenvalue weighted by Gasteiger charge is -2.14. The molecule has 1 unspecified atom stereocenters. The molecule has 0 aromatic heterocycles. The first kappa shape index (κ1) is 15.8. The molecule has 1 aromatic carbocycles. The average molecular weight is 282 g/mol. The Kier molecular flexibility index (Phi) is 6.31. The van der Waals surface area contributed by atoms with E-state index < -0.39 is 18.0 Å². The number of methoxy groups -OCH3 is 2. The van der Waals surface area contributed by atoms with Crippen molar-refractivity contribution in [2.24, 2.45) is 0 Å². The van der Waals surface area contributed by atoms with E-state index >= 15 is 0 Å². The van der Waals surface area contributed by atoms with Crippen molar-refractivity contribution >= 4 is 12.0 Å². The molecule has 110 valence electrons. The average Bonchev–Trinajstić information content (AvgIpc) is 2.44. The number of rotatable bonds is 7. The Balaban J connectivity index is 2.47. The van der Waals surface area contributed by atoms with E-state index in [9.17, 15) is 9.59 Å². The van der Waals surface area contributed by atoms with Crippen LogP contribution in [-0.2, 0) is 16.1 Å². The van der Waals surface area contributed by atoms with Crippen LogP contribution < -0.4 is 15.4 Å². The van der Waals surface area contributed by atoms with Gasteiger partial charge in [0.2, 0.25) is 0 Å². The zero-order valence-electron chi connectivity index (χ0n) is 11.4. The minimum Gasteiger partial charge on any atom is -0.497 e. The second-order valence-corrected chi connectivity index (χ2v) is 4.02. The topological polar surface area (TPSA) is 96.9 Å². The van der Waals surface area contributed by atoms with Crippen LogP contribution in [0, 0.1) is 0 Å². The third-order valence-electron chi connectivity index (χ3n) is 2.52. The number of aliphatic carboxylic acids is 1. The van der Waals surface area contributed by atoms with Gasteiger partial charge in [0.25, 0.3) is 0 Å². The standard InChI is InChI=1S/C13H18N2O5/c1-19-8-11(12(16)17)15-13(18)14-7-9-4-3-5-10(6-9)20-2/h3-6,11H,7-8H2,1-2H3,(H,16,17)(H2,14,15,18). The highest BCUT2D eigenvalue weighted by molar-refractivity contribution is 5.82. The summed E-state index contributed by atoms with van der Waals surface area (Å²) in [6, 6.07) is 5.56. The van der Waals surface area contributed by atoms with Gasteiger partial charge in [-0.2, -0.15) is 0 Å². The van der Waals surface area contributed by atoms with Crippen molar-refractivity contribution in [1.82, 2.24) is 10.6 Å². The Morgan fingerprint density at radius 2 is 2.10 bits per heavy atom. The van der Waals surface area contributed by atoms with Gasteiger partial charge in [0.05, 0.1) is 13.7 Å². The van der Waals surface area contributed by atoms with Gasteiger partial charge in [0.15, 0.2) is 6.04 Å². The van der Waals surface area contributed by atoms with Crippen molar-refractivity contribution in [3.8, 4) is 5.75 Å². The number of carbonyl (C=O) groups is 2. The summed E-state index contributed by atoms with van der Waals surface area (Å²) in [5.41, 5.74) is 0.845. The highest BCUT2D eigenvalue weighted by Gasteiger charge is 2.19. The van der Waals surface area contributed by atoms with Gasteiger partial charge in [0.1, 0.15) is 5.75 Å². The summed E-state index contributed by atoms with van der Waals surface area (Å²) in [4.78, 5) is 22.4. The maximum absolute atomic E-state index is 11.6. The van der Waals surface area contributed by atoms with Gasteiger partial charge < -0.3 is 25.2 Å². The van der Waals surface area contributed by atoms with Crippen LogP contribution in [0.2, 0.25) is 0 Å². The molecule has 7 heteroatoms. The predicted octanol–water partition coefficient (Wildman–Crippen LogP) is 0.594. The summed E-state index contributed by atoms with van der Waals surface area (Å²) in [6.07, 6.45) is 0. The van der Waals surface area contributed by atoms with Crippen molar-refractivity contribution in [2.45, 2.75) is 12.6 Å². The number of carbonyl (C=O) groups excluding carboxylic acids is 1. The van der Waals surface area contributed by atoms with E-state index in [2.05, 4.69) is 10.6 Å². The van der Waals surface area contributed by atoms with Crippen LogP contribution in [0.25, 0.3) is 0 Å². The van der Waals surface area contributed by atoms with Crippen LogP contribution in [0.15, 0.2) is 24.3 Å². The van der Waals surface area contributed by atoms with Crippen molar-refractivity contribution in [3.05, 3.63) is 29.8 Å². The Hall–Kier alpha value is -2.28. The Bertz CT molecular complexity index is 464. The summed E-state index contributed by atoms with van der Waals surface area (Å²) in [7, 11) is 2.92. The van der Waals surface area contributed by atoms with E-state index in [1.807, 2.05) is 6.07 Å². The molecule has 0 aliphatic heterocycles. The molecular formula is C13H18N2O5. The zero-order chi connectivity index (χ0) is 15.0. The Morgan fingerprint density at radius 3 is 2.70 bits per heavy atom. The lowest BCUT2D eigenvalue weighted by Crippen LogP contribution is -2.48. The van der Waals surface area contributed by atoms with Crippen molar-refractivity contribution in [1.29, 1.82) is 0 Å². The van der Waals surface area contributed by atoms with Crippen LogP contribution in [0.1, 0.15) is 5.56 Å². The maximum Gasteiger partial charge on any atom is 0.328 e. The number of urea groups is 1. The van der Waals surface area contributed by atoms with Crippen molar-refractivity contribution < 1.29 is 24.2 Å². The molecule has 3 N–H and O–H groups in total. The minimum absolute atomic E-state index is 0.0953. The van der Waals surface area contributed by atoms with E-state index in [4.69, 9.17) is 14.6 Å². The van der Waals surface area contributed by atoms with E-state index in [0.717, 1.165) is 5.56 Å². The molecule has 1 atom stereocenters. The molecule has 1 rings (SSSR count). The number of benzene rings is 1. The number of nitrogens with one attached hydrogen (secondary N) is 2. The van der Waals surface area contributed by atoms with Gasteiger partial charge in [-0.25, -0.2) is 9.59 Å². The van der Waals surface area contributed by atoms with Crippen molar-refractivity contribution in [2.75, 3.05) is 20.8 Å². The third kappa shape index (κ3) is 5.15. The molecule has 0 saturated heterocycles. The van der Waals surface area contributed by atoms with Crippen LogP contribution in [0.3, 0.4) is 0 Å². The van der Waals surface area contributed by atoms with Crippen molar-refractivity contribution in [3.63, 3.8) is 0 Å². The van der Waals surface area contributed by atoms with Gasteiger partial charge >= 0.3 is 12.0 Å². The Labute approximate surface area is 116 Å². The number of carboxylic acid groups (broad SMARTS) is 1. The van der Waals surface area contributed by atoms with E-state index in [0.29, 0.717) is 5.75 Å². The number of amides is 2. The lowest BCUT2D eigenvalue weighted by atomic mass is 10.2. The second-order valence-electron chi connectivity index (χ2n) is 4.02. The molecule has 2 amide bonds. The summed E-state index contributed by atoms with van der Waals surface area (Å²) >= 11 is 0. The molecule has 7 nitrogen and oxygen atoms in total. The van der Waals surface area contributed by atoms with Gasteiger partial charge in [-0.1, -0.05) is 12.1 Å². The molecule has 20 heavy (non-hydrogen) atoms. The molecule has 1 aromatic rings. The van der Waals surface area contributed by atoms with Crippen LogP contribution >= 0.6 is 0 Å². The van der Waals surface area contributed by atoms with E-state index in [1.165, 1.54) is 7.11 Å². The fourth-order valence-corrected chi connectivity index (χ4v) is 1.52. The lowest BCUT2D eigenvalue weighted by molar-refractivity contribution is -0.140. The number of carboxylic acids is 1. The summed E-state index contributed by atoms with van der Waals surface area (Å²) in [6.45, 7) is 0.171. The zero-order valence-corrected chi connectivity index (χ0v) is 11.4. The van der Waals surface area contributed by atoms with Gasteiger partial charge in [-0.15, -0.1) is 0 Å². The normalized spacial score (nSPS) is 11.5. The first-order valence-corrected chi connectivity index (χ1v) is 5.96. The molecule has 0 radical (unpaired) electrons. The van der Waals surface area contributed by atoms with Gasteiger partial charge in [0, 0.05) is 13.7 Å². The van der Waals surface area contributed by atoms with E-state index in [1.54, 1.807) is 25.3 Å². The van der Waals surface area contributed by atoms with Crippen LogP contribution in [0.5, 0.6) is 5.75 Å². The highest BCUT2D eigenvalue weighted by Crippen LogP contribution is 2.11. The number of hydrogen-bond acceptors (Lipinski definition) is 4. The third-order valence-corrected chi connectivity index (χ3v) is 2.52. The quantitative estimate of drug-likeness (QED) is 0.680. The SMILES string of the molecule is COCC(NC(=O)NCc1cccc(OC)c1)C(=O)O. The molecular weight excluding hydrogens is 264 g/mol. The molecule has 0 fully saturated rings. The fraction of sp³-hybridized carbons (Fsp3) is 0.385. The van der Waals surface area contributed by atoms with Gasteiger partial charge in [-0.3, -0.25) is 0 Å². The summed E-state index contributed by atoms with van der Waals surface area (Å²) in [5.74, 6) is -0.462. The molecule has 0 saturated carbocycles. The largest absolute Gasteiger partial charge is 0.497 e. The smallest absolute Gasteiger partial charge is 0.328 e. The first-order chi connectivity index (χ1) is 9.56. The predicted molar refractivity (Wildman–Crippen MR) is 71.7 cm³/mol. The molecule has 0 spiro atoms. The summed E-state index contributed by atoms with van der Waals surface area (Å²) in [5, 5.41) is 13.7. The Morgan fingerprint density at radius 1 is 1.35 bits per heavy atom. The number of ether oxygens (including phenoxy) is 2. The maximum atomic E-state index is 11.6. The molecule has 0 heterocycles.